The first kappa shape index (κ1) is 21.1. The highest BCUT2D eigenvalue weighted by Crippen LogP contribution is 2.15. The van der Waals surface area contributed by atoms with Gasteiger partial charge in [0.05, 0.1) is 13.0 Å². The van der Waals surface area contributed by atoms with E-state index in [9.17, 15) is 9.59 Å². The van der Waals surface area contributed by atoms with Crippen molar-refractivity contribution in [2.24, 2.45) is 0 Å². The van der Waals surface area contributed by atoms with Gasteiger partial charge < -0.3 is 10.1 Å². The normalized spacial score (nSPS) is 11.0. The zero-order valence-electron chi connectivity index (χ0n) is 17.4. The highest BCUT2D eigenvalue weighted by atomic mass is 16.6. The lowest BCUT2D eigenvalue weighted by molar-refractivity contribution is -0.115. The summed E-state index contributed by atoms with van der Waals surface area (Å²) >= 11 is 0. The quantitative estimate of drug-likeness (QED) is 0.633. The van der Waals surface area contributed by atoms with Crippen molar-refractivity contribution in [3.05, 3.63) is 78.1 Å². The standard InChI is InChI=1S/C23H26N4O3/c1-23(2,3)30-22(29)26-19-10-8-17(9-11-19)15-21(28)25-20-7-4-6-18(14-20)16-27-13-5-12-24-27/h4-14H,15-16H2,1-3H3,(H,25,28)(H,26,29). The van der Waals surface area contributed by atoms with Gasteiger partial charge in [0.15, 0.2) is 0 Å². The molecule has 2 amide bonds. The maximum Gasteiger partial charge on any atom is 0.412 e. The number of carbonyl (C=O) groups is 2. The number of nitrogens with zero attached hydrogens (tertiary/aromatic N) is 2. The summed E-state index contributed by atoms with van der Waals surface area (Å²) < 4.78 is 7.05. The first-order valence-corrected chi connectivity index (χ1v) is 9.72. The summed E-state index contributed by atoms with van der Waals surface area (Å²) in [6, 6.07) is 16.7. The van der Waals surface area contributed by atoms with Gasteiger partial charge in [0.25, 0.3) is 0 Å². The summed E-state index contributed by atoms with van der Waals surface area (Å²) in [6.45, 7) is 6.06. The summed E-state index contributed by atoms with van der Waals surface area (Å²) in [7, 11) is 0. The van der Waals surface area contributed by atoms with E-state index >= 15 is 0 Å². The van der Waals surface area contributed by atoms with Gasteiger partial charge in [-0.15, -0.1) is 0 Å². The average Bonchev–Trinajstić information content (AvgIpc) is 3.15. The molecular weight excluding hydrogens is 380 g/mol. The Bertz CT molecular complexity index is 990. The van der Waals surface area contributed by atoms with Crippen molar-refractivity contribution >= 4 is 23.4 Å². The van der Waals surface area contributed by atoms with Gasteiger partial charge in [-0.2, -0.15) is 5.10 Å². The van der Waals surface area contributed by atoms with Crippen LogP contribution in [-0.4, -0.2) is 27.4 Å². The monoisotopic (exact) mass is 406 g/mol. The number of ether oxygens (including phenoxy) is 1. The fourth-order valence-corrected chi connectivity index (χ4v) is 2.85. The Hall–Kier alpha value is -3.61. The Labute approximate surface area is 176 Å². The van der Waals surface area contributed by atoms with E-state index in [1.54, 1.807) is 51.2 Å². The average molecular weight is 406 g/mol. The van der Waals surface area contributed by atoms with Crippen molar-refractivity contribution in [1.29, 1.82) is 0 Å². The number of amides is 2. The molecule has 0 aliphatic rings. The van der Waals surface area contributed by atoms with Crippen molar-refractivity contribution in [2.45, 2.75) is 39.3 Å². The van der Waals surface area contributed by atoms with E-state index in [4.69, 9.17) is 4.74 Å². The SMILES string of the molecule is CC(C)(C)OC(=O)Nc1ccc(CC(=O)Nc2cccc(Cn3cccn3)c2)cc1. The Morgan fingerprint density at radius 3 is 2.40 bits per heavy atom. The van der Waals surface area contributed by atoms with Crippen LogP contribution in [0.25, 0.3) is 0 Å². The molecule has 7 nitrogen and oxygen atoms in total. The van der Waals surface area contributed by atoms with E-state index in [1.807, 2.05) is 41.2 Å². The lowest BCUT2D eigenvalue weighted by atomic mass is 10.1. The fraction of sp³-hybridized carbons (Fsp3) is 0.261. The molecule has 0 spiro atoms. The van der Waals surface area contributed by atoms with Crippen LogP contribution in [0.5, 0.6) is 0 Å². The van der Waals surface area contributed by atoms with Crippen LogP contribution in [0.15, 0.2) is 67.0 Å². The van der Waals surface area contributed by atoms with Crippen LogP contribution < -0.4 is 10.6 Å². The highest BCUT2D eigenvalue weighted by molar-refractivity contribution is 5.92. The molecule has 30 heavy (non-hydrogen) atoms. The molecular formula is C23H26N4O3. The third kappa shape index (κ3) is 6.77. The summed E-state index contributed by atoms with van der Waals surface area (Å²) in [5, 5.41) is 9.79. The van der Waals surface area contributed by atoms with Crippen LogP contribution >= 0.6 is 0 Å². The fourth-order valence-electron chi connectivity index (χ4n) is 2.85. The second-order valence-electron chi connectivity index (χ2n) is 7.95. The van der Waals surface area contributed by atoms with Gasteiger partial charge in [0, 0.05) is 23.8 Å². The topological polar surface area (TPSA) is 85.2 Å². The van der Waals surface area contributed by atoms with Gasteiger partial charge >= 0.3 is 6.09 Å². The van der Waals surface area contributed by atoms with E-state index in [-0.39, 0.29) is 12.3 Å². The van der Waals surface area contributed by atoms with Gasteiger partial charge in [-0.1, -0.05) is 24.3 Å². The first-order chi connectivity index (χ1) is 14.3. The van der Waals surface area contributed by atoms with Crippen molar-refractivity contribution in [3.63, 3.8) is 0 Å². The number of hydrogen-bond donors (Lipinski definition) is 2. The Morgan fingerprint density at radius 2 is 1.73 bits per heavy atom. The summed E-state index contributed by atoms with van der Waals surface area (Å²) in [4.78, 5) is 24.2. The van der Waals surface area contributed by atoms with Crippen LogP contribution in [0.2, 0.25) is 0 Å². The van der Waals surface area contributed by atoms with E-state index in [0.717, 1.165) is 16.8 Å². The molecule has 0 atom stereocenters. The number of anilines is 2. The predicted molar refractivity (Wildman–Crippen MR) is 116 cm³/mol. The second kappa shape index (κ2) is 9.26. The third-order valence-corrected chi connectivity index (χ3v) is 4.08. The molecule has 0 saturated heterocycles. The largest absolute Gasteiger partial charge is 0.444 e. The van der Waals surface area contributed by atoms with Crippen molar-refractivity contribution in [3.8, 4) is 0 Å². The Kier molecular flexibility index (Phi) is 6.51. The minimum absolute atomic E-state index is 0.112. The second-order valence-corrected chi connectivity index (χ2v) is 7.95. The van der Waals surface area contributed by atoms with Crippen molar-refractivity contribution in [2.75, 3.05) is 10.6 Å². The zero-order chi connectivity index (χ0) is 21.6. The van der Waals surface area contributed by atoms with Gasteiger partial charge in [0.2, 0.25) is 5.91 Å². The van der Waals surface area contributed by atoms with Crippen LogP contribution in [0.4, 0.5) is 16.2 Å². The summed E-state index contributed by atoms with van der Waals surface area (Å²) in [5.74, 6) is -0.112. The molecule has 0 fully saturated rings. The van der Waals surface area contributed by atoms with Crippen LogP contribution in [-0.2, 0) is 22.5 Å². The first-order valence-electron chi connectivity index (χ1n) is 9.72. The smallest absolute Gasteiger partial charge is 0.412 e. The van der Waals surface area contributed by atoms with Gasteiger partial charge in [0.1, 0.15) is 5.60 Å². The third-order valence-electron chi connectivity index (χ3n) is 4.08. The molecule has 0 aliphatic carbocycles. The van der Waals surface area contributed by atoms with Crippen molar-refractivity contribution in [1.82, 2.24) is 9.78 Å². The van der Waals surface area contributed by atoms with E-state index in [1.165, 1.54) is 0 Å². The molecule has 2 aromatic carbocycles. The molecule has 156 valence electrons. The Balaban J connectivity index is 1.53. The van der Waals surface area contributed by atoms with E-state index in [2.05, 4.69) is 15.7 Å². The molecule has 2 N–H and O–H groups in total. The van der Waals surface area contributed by atoms with Gasteiger partial charge in [-0.05, 0) is 62.2 Å². The van der Waals surface area contributed by atoms with E-state index in [0.29, 0.717) is 12.2 Å². The molecule has 7 heteroatoms. The molecule has 0 unspecified atom stereocenters. The lowest BCUT2D eigenvalue weighted by Gasteiger charge is -2.19. The molecule has 3 rings (SSSR count). The number of nitrogens with one attached hydrogen (secondary N) is 2. The number of carbonyl (C=O) groups excluding carboxylic acids is 2. The number of hydrogen-bond acceptors (Lipinski definition) is 4. The van der Waals surface area contributed by atoms with Gasteiger partial charge in [-0.25, -0.2) is 4.79 Å². The minimum Gasteiger partial charge on any atom is -0.444 e. The molecule has 3 aromatic rings. The lowest BCUT2D eigenvalue weighted by Crippen LogP contribution is -2.27. The summed E-state index contributed by atoms with van der Waals surface area (Å²) in [6.07, 6.45) is 3.35. The predicted octanol–water partition coefficient (Wildman–Crippen LogP) is 4.46. The molecule has 0 aliphatic heterocycles. The molecule has 1 heterocycles. The maximum absolute atomic E-state index is 12.4. The van der Waals surface area contributed by atoms with E-state index < -0.39 is 11.7 Å². The van der Waals surface area contributed by atoms with Crippen LogP contribution in [0, 0.1) is 0 Å². The zero-order valence-corrected chi connectivity index (χ0v) is 17.4. The molecule has 0 bridgehead atoms. The maximum atomic E-state index is 12.4. The van der Waals surface area contributed by atoms with Crippen LogP contribution in [0.1, 0.15) is 31.9 Å². The summed E-state index contributed by atoms with van der Waals surface area (Å²) in [5.41, 5.74) is 2.69. The minimum atomic E-state index is -0.558. The molecule has 1 aromatic heterocycles. The van der Waals surface area contributed by atoms with Gasteiger partial charge in [-0.3, -0.25) is 14.8 Å². The van der Waals surface area contributed by atoms with Crippen molar-refractivity contribution < 1.29 is 14.3 Å². The highest BCUT2D eigenvalue weighted by Gasteiger charge is 2.16. The number of aromatic nitrogens is 2. The molecule has 0 radical (unpaired) electrons. The number of benzene rings is 2. The van der Waals surface area contributed by atoms with Crippen LogP contribution in [0.3, 0.4) is 0 Å². The number of rotatable bonds is 6. The molecule has 0 saturated carbocycles. The Morgan fingerprint density at radius 1 is 0.967 bits per heavy atom.